The number of benzene rings is 1. The highest BCUT2D eigenvalue weighted by molar-refractivity contribution is 6.30. The van der Waals surface area contributed by atoms with Crippen molar-refractivity contribution < 1.29 is 5.11 Å². The van der Waals surface area contributed by atoms with Gasteiger partial charge in [-0.3, -0.25) is 4.90 Å². The SMILES string of the molecule is CC(C)(C(O)c1cccc(Cl)c1)N1CCCCCC1. The molecule has 106 valence electrons. The number of hydrogen-bond donors (Lipinski definition) is 1. The van der Waals surface area contributed by atoms with Crippen LogP contribution >= 0.6 is 11.6 Å². The molecule has 3 heteroatoms. The van der Waals surface area contributed by atoms with E-state index in [0.717, 1.165) is 18.7 Å². The van der Waals surface area contributed by atoms with Crippen LogP contribution in [0, 0.1) is 0 Å². The fourth-order valence-electron chi connectivity index (χ4n) is 2.90. The summed E-state index contributed by atoms with van der Waals surface area (Å²) in [4.78, 5) is 2.42. The molecule has 0 aliphatic carbocycles. The largest absolute Gasteiger partial charge is 0.386 e. The van der Waals surface area contributed by atoms with Crippen molar-refractivity contribution in [1.29, 1.82) is 0 Å². The molecule has 1 saturated heterocycles. The van der Waals surface area contributed by atoms with Gasteiger partial charge < -0.3 is 5.11 Å². The Kier molecular flexibility index (Phi) is 4.88. The van der Waals surface area contributed by atoms with Crippen molar-refractivity contribution in [3.8, 4) is 0 Å². The van der Waals surface area contributed by atoms with E-state index in [1.54, 1.807) is 0 Å². The number of halogens is 1. The van der Waals surface area contributed by atoms with Gasteiger partial charge in [0.2, 0.25) is 0 Å². The van der Waals surface area contributed by atoms with Crippen LogP contribution in [0.1, 0.15) is 51.2 Å². The van der Waals surface area contributed by atoms with Gasteiger partial charge in [-0.25, -0.2) is 0 Å². The van der Waals surface area contributed by atoms with Crippen LogP contribution in [0.5, 0.6) is 0 Å². The van der Waals surface area contributed by atoms with E-state index >= 15 is 0 Å². The fourth-order valence-corrected chi connectivity index (χ4v) is 3.10. The van der Waals surface area contributed by atoms with E-state index in [2.05, 4.69) is 18.7 Å². The molecule has 1 aliphatic heterocycles. The lowest BCUT2D eigenvalue weighted by molar-refractivity contribution is -0.01000. The lowest BCUT2D eigenvalue weighted by atomic mass is 9.89. The zero-order chi connectivity index (χ0) is 13.9. The van der Waals surface area contributed by atoms with Crippen molar-refractivity contribution >= 4 is 11.6 Å². The number of aliphatic hydroxyl groups excluding tert-OH is 1. The molecule has 1 fully saturated rings. The number of aliphatic hydroxyl groups is 1. The molecular weight excluding hydrogens is 258 g/mol. The van der Waals surface area contributed by atoms with E-state index < -0.39 is 6.10 Å². The number of hydrogen-bond acceptors (Lipinski definition) is 2. The van der Waals surface area contributed by atoms with Gasteiger partial charge in [0.1, 0.15) is 0 Å². The van der Waals surface area contributed by atoms with Gasteiger partial charge in [0, 0.05) is 10.6 Å². The summed E-state index contributed by atoms with van der Waals surface area (Å²) in [6.07, 6.45) is 4.56. The highest BCUT2D eigenvalue weighted by Crippen LogP contribution is 2.33. The Morgan fingerprint density at radius 2 is 1.79 bits per heavy atom. The van der Waals surface area contributed by atoms with E-state index in [-0.39, 0.29) is 5.54 Å². The average molecular weight is 282 g/mol. The van der Waals surface area contributed by atoms with Gasteiger partial charge in [0.25, 0.3) is 0 Å². The summed E-state index contributed by atoms with van der Waals surface area (Å²) in [5, 5.41) is 11.4. The van der Waals surface area contributed by atoms with Gasteiger partial charge in [-0.15, -0.1) is 0 Å². The van der Waals surface area contributed by atoms with Crippen LogP contribution in [0.4, 0.5) is 0 Å². The summed E-state index contributed by atoms with van der Waals surface area (Å²) < 4.78 is 0. The lowest BCUT2D eigenvalue weighted by Crippen LogP contribution is -2.48. The molecule has 1 unspecified atom stereocenters. The summed E-state index contributed by atoms with van der Waals surface area (Å²) >= 11 is 6.03. The summed E-state index contributed by atoms with van der Waals surface area (Å²) in [6, 6.07) is 7.57. The molecule has 1 heterocycles. The molecule has 0 amide bonds. The van der Waals surface area contributed by atoms with Crippen molar-refractivity contribution in [2.24, 2.45) is 0 Å². The third-order valence-corrected chi connectivity index (χ3v) is 4.49. The molecule has 1 N–H and O–H groups in total. The third kappa shape index (κ3) is 3.50. The van der Waals surface area contributed by atoms with Crippen LogP contribution < -0.4 is 0 Å². The molecular formula is C16H24ClNO. The predicted molar refractivity (Wildman–Crippen MR) is 80.5 cm³/mol. The molecule has 2 nitrogen and oxygen atoms in total. The van der Waals surface area contributed by atoms with Crippen LogP contribution in [-0.2, 0) is 0 Å². The standard InChI is InChI=1S/C16H24ClNO/c1-16(2,18-10-5-3-4-6-11-18)15(19)13-8-7-9-14(17)12-13/h7-9,12,15,19H,3-6,10-11H2,1-2H3. The Balaban J connectivity index is 2.17. The molecule has 1 atom stereocenters. The Hall–Kier alpha value is -0.570. The molecule has 0 bridgehead atoms. The first kappa shape index (κ1) is 14.8. The minimum Gasteiger partial charge on any atom is -0.386 e. The summed E-state index contributed by atoms with van der Waals surface area (Å²) in [5.74, 6) is 0. The van der Waals surface area contributed by atoms with Gasteiger partial charge in [-0.1, -0.05) is 36.6 Å². The fraction of sp³-hybridized carbons (Fsp3) is 0.625. The number of likely N-dealkylation sites (tertiary alicyclic amines) is 1. The first-order valence-electron chi connectivity index (χ1n) is 7.20. The smallest absolute Gasteiger partial charge is 0.0968 e. The first-order valence-corrected chi connectivity index (χ1v) is 7.58. The molecule has 2 rings (SSSR count). The molecule has 0 spiro atoms. The quantitative estimate of drug-likeness (QED) is 0.904. The zero-order valence-corrected chi connectivity index (χ0v) is 12.7. The van der Waals surface area contributed by atoms with Crippen molar-refractivity contribution in [1.82, 2.24) is 4.90 Å². The van der Waals surface area contributed by atoms with Gasteiger partial charge >= 0.3 is 0 Å². The second-order valence-electron chi connectivity index (χ2n) is 6.01. The molecule has 1 aromatic rings. The Morgan fingerprint density at radius 3 is 2.37 bits per heavy atom. The minimum atomic E-state index is -0.510. The maximum absolute atomic E-state index is 10.7. The molecule has 0 aromatic heterocycles. The first-order chi connectivity index (χ1) is 9.01. The van der Waals surface area contributed by atoms with Gasteiger partial charge in [0.15, 0.2) is 0 Å². The van der Waals surface area contributed by atoms with Gasteiger partial charge in [-0.2, -0.15) is 0 Å². The highest BCUT2D eigenvalue weighted by Gasteiger charge is 2.35. The molecule has 0 radical (unpaired) electrons. The molecule has 1 aromatic carbocycles. The minimum absolute atomic E-state index is 0.255. The zero-order valence-electron chi connectivity index (χ0n) is 11.9. The normalized spacial score (nSPS) is 20.0. The Bertz CT molecular complexity index is 411. The van der Waals surface area contributed by atoms with E-state index in [4.69, 9.17) is 11.6 Å². The Morgan fingerprint density at radius 1 is 1.16 bits per heavy atom. The topological polar surface area (TPSA) is 23.5 Å². The molecule has 0 saturated carbocycles. The maximum Gasteiger partial charge on any atom is 0.0968 e. The molecule has 19 heavy (non-hydrogen) atoms. The van der Waals surface area contributed by atoms with Gasteiger partial charge in [-0.05, 0) is 57.5 Å². The highest BCUT2D eigenvalue weighted by atomic mass is 35.5. The van der Waals surface area contributed by atoms with Crippen molar-refractivity contribution in [2.75, 3.05) is 13.1 Å². The van der Waals surface area contributed by atoms with E-state index in [0.29, 0.717) is 5.02 Å². The average Bonchev–Trinajstić information content (AvgIpc) is 2.67. The summed E-state index contributed by atoms with van der Waals surface area (Å²) in [6.45, 7) is 6.41. The summed E-state index contributed by atoms with van der Waals surface area (Å²) in [5.41, 5.74) is 0.649. The Labute approximate surface area is 121 Å². The predicted octanol–water partition coefficient (Wildman–Crippen LogP) is 4.03. The lowest BCUT2D eigenvalue weighted by Gasteiger charge is -2.41. The van der Waals surface area contributed by atoms with Crippen molar-refractivity contribution in [3.05, 3.63) is 34.9 Å². The second kappa shape index (κ2) is 6.25. The van der Waals surface area contributed by atoms with Crippen LogP contribution in [-0.4, -0.2) is 28.6 Å². The summed E-state index contributed by atoms with van der Waals surface area (Å²) in [7, 11) is 0. The van der Waals surface area contributed by atoms with Gasteiger partial charge in [0.05, 0.1) is 6.10 Å². The second-order valence-corrected chi connectivity index (χ2v) is 6.45. The van der Waals surface area contributed by atoms with Crippen LogP contribution in [0.2, 0.25) is 5.02 Å². The maximum atomic E-state index is 10.7. The monoisotopic (exact) mass is 281 g/mol. The number of nitrogens with zero attached hydrogens (tertiary/aromatic N) is 1. The molecule has 1 aliphatic rings. The van der Waals surface area contributed by atoms with Crippen LogP contribution in [0.3, 0.4) is 0 Å². The van der Waals surface area contributed by atoms with Crippen molar-refractivity contribution in [2.45, 2.75) is 51.2 Å². The van der Waals surface area contributed by atoms with E-state index in [9.17, 15) is 5.11 Å². The van der Waals surface area contributed by atoms with Crippen LogP contribution in [0.25, 0.3) is 0 Å². The van der Waals surface area contributed by atoms with E-state index in [1.165, 1.54) is 25.7 Å². The third-order valence-electron chi connectivity index (χ3n) is 4.25. The number of rotatable bonds is 3. The van der Waals surface area contributed by atoms with Crippen molar-refractivity contribution in [3.63, 3.8) is 0 Å². The van der Waals surface area contributed by atoms with Crippen LogP contribution in [0.15, 0.2) is 24.3 Å². The van der Waals surface area contributed by atoms with E-state index in [1.807, 2.05) is 24.3 Å².